The highest BCUT2D eigenvalue weighted by Gasteiger charge is 2.00. The van der Waals surface area contributed by atoms with Crippen molar-refractivity contribution in [2.45, 2.75) is 4.90 Å². The molecule has 0 aliphatic heterocycles. The van der Waals surface area contributed by atoms with Crippen LogP contribution in [0.5, 0.6) is 0 Å². The second-order valence-corrected chi connectivity index (χ2v) is 4.36. The summed E-state index contributed by atoms with van der Waals surface area (Å²) in [4.78, 5) is 5.04. The number of aliphatic hydroxyl groups is 1. The molecule has 0 aliphatic rings. The first-order chi connectivity index (χ1) is 8.33. The molecule has 0 radical (unpaired) electrons. The third kappa shape index (κ3) is 2.84. The summed E-state index contributed by atoms with van der Waals surface area (Å²) in [6, 6.07) is 13.4. The van der Waals surface area contributed by atoms with Gasteiger partial charge in [-0.2, -0.15) is 5.26 Å². The Bertz CT molecular complexity index is 546. The molecule has 0 atom stereocenters. The van der Waals surface area contributed by atoms with Crippen molar-refractivity contribution in [2.24, 2.45) is 0 Å². The Balaban J connectivity index is 2.32. The Kier molecular flexibility index (Phi) is 3.76. The SMILES string of the molecule is N#Cc1ccc(-c2cccc(SCO)c2)cn1. The number of nitriles is 1. The maximum atomic E-state index is 8.86. The molecule has 0 unspecified atom stereocenters. The molecule has 0 aliphatic carbocycles. The molecule has 0 spiro atoms. The van der Waals surface area contributed by atoms with Crippen LogP contribution < -0.4 is 0 Å². The van der Waals surface area contributed by atoms with Gasteiger partial charge in [0.1, 0.15) is 11.8 Å². The van der Waals surface area contributed by atoms with Gasteiger partial charge in [0.2, 0.25) is 0 Å². The molecular formula is C13H10N2OS. The van der Waals surface area contributed by atoms with Crippen molar-refractivity contribution in [1.82, 2.24) is 4.98 Å². The minimum atomic E-state index is 0.0646. The Labute approximate surface area is 104 Å². The number of hydrogen-bond acceptors (Lipinski definition) is 4. The highest BCUT2D eigenvalue weighted by molar-refractivity contribution is 7.99. The fourth-order valence-corrected chi connectivity index (χ4v) is 2.00. The lowest BCUT2D eigenvalue weighted by atomic mass is 10.1. The molecule has 17 heavy (non-hydrogen) atoms. The van der Waals surface area contributed by atoms with Crippen LogP contribution in [-0.2, 0) is 0 Å². The van der Waals surface area contributed by atoms with Crippen LogP contribution in [0.3, 0.4) is 0 Å². The average Bonchev–Trinajstić information content (AvgIpc) is 2.40. The van der Waals surface area contributed by atoms with Crippen LogP contribution in [0.1, 0.15) is 5.69 Å². The van der Waals surface area contributed by atoms with Gasteiger partial charge >= 0.3 is 0 Å². The largest absolute Gasteiger partial charge is 0.385 e. The zero-order chi connectivity index (χ0) is 12.1. The van der Waals surface area contributed by atoms with Crippen LogP contribution in [0, 0.1) is 11.3 Å². The van der Waals surface area contributed by atoms with Crippen molar-refractivity contribution in [3.63, 3.8) is 0 Å². The van der Waals surface area contributed by atoms with Gasteiger partial charge in [0.05, 0.1) is 5.94 Å². The van der Waals surface area contributed by atoms with Crippen molar-refractivity contribution >= 4 is 11.8 Å². The van der Waals surface area contributed by atoms with Gasteiger partial charge in [-0.3, -0.25) is 0 Å². The second-order valence-electron chi connectivity index (χ2n) is 3.35. The van der Waals surface area contributed by atoms with Crippen molar-refractivity contribution < 1.29 is 5.11 Å². The molecular weight excluding hydrogens is 232 g/mol. The van der Waals surface area contributed by atoms with E-state index in [2.05, 4.69) is 4.98 Å². The van der Waals surface area contributed by atoms with Crippen LogP contribution in [0.25, 0.3) is 11.1 Å². The fourth-order valence-electron chi connectivity index (χ4n) is 1.47. The lowest BCUT2D eigenvalue weighted by Gasteiger charge is -2.03. The monoisotopic (exact) mass is 242 g/mol. The van der Waals surface area contributed by atoms with Gasteiger partial charge in [0.15, 0.2) is 0 Å². The molecule has 0 fully saturated rings. The number of hydrogen-bond donors (Lipinski definition) is 1. The molecule has 3 nitrogen and oxygen atoms in total. The van der Waals surface area contributed by atoms with Gasteiger partial charge in [0.25, 0.3) is 0 Å². The number of pyridine rings is 1. The zero-order valence-corrected chi connectivity index (χ0v) is 9.81. The summed E-state index contributed by atoms with van der Waals surface area (Å²) in [5, 5.41) is 17.5. The summed E-state index contributed by atoms with van der Waals surface area (Å²) >= 11 is 1.37. The third-order valence-corrected chi connectivity index (χ3v) is 2.99. The smallest absolute Gasteiger partial charge is 0.140 e. The standard InChI is InChI=1S/C13H10N2OS/c14-7-12-5-4-11(8-15-12)10-2-1-3-13(6-10)17-9-16/h1-6,8,16H,9H2. The molecule has 2 rings (SSSR count). The average molecular weight is 242 g/mol. The van der Waals surface area contributed by atoms with E-state index in [0.717, 1.165) is 16.0 Å². The molecule has 0 bridgehead atoms. The normalized spacial score (nSPS) is 9.88. The summed E-state index contributed by atoms with van der Waals surface area (Å²) in [6.07, 6.45) is 1.68. The van der Waals surface area contributed by atoms with E-state index in [1.807, 2.05) is 36.4 Å². The number of nitrogens with zero attached hydrogens (tertiary/aromatic N) is 2. The predicted octanol–water partition coefficient (Wildman–Crippen LogP) is 2.66. The second kappa shape index (κ2) is 5.48. The Morgan fingerprint density at radius 3 is 2.76 bits per heavy atom. The van der Waals surface area contributed by atoms with Crippen molar-refractivity contribution in [3.05, 3.63) is 48.3 Å². The van der Waals surface area contributed by atoms with Crippen LogP contribution >= 0.6 is 11.8 Å². The molecule has 0 saturated carbocycles. The molecule has 1 N–H and O–H groups in total. The number of aliphatic hydroxyl groups excluding tert-OH is 1. The Hall–Kier alpha value is -1.83. The minimum absolute atomic E-state index is 0.0646. The first kappa shape index (κ1) is 11.6. The van der Waals surface area contributed by atoms with Gasteiger partial charge in [-0.05, 0) is 29.8 Å². The first-order valence-corrected chi connectivity index (χ1v) is 6.02. The topological polar surface area (TPSA) is 56.9 Å². The van der Waals surface area contributed by atoms with E-state index in [9.17, 15) is 0 Å². The van der Waals surface area contributed by atoms with Gasteiger partial charge in [-0.1, -0.05) is 23.9 Å². The molecule has 0 saturated heterocycles. The van der Waals surface area contributed by atoms with E-state index in [0.29, 0.717) is 5.69 Å². The lowest BCUT2D eigenvalue weighted by Crippen LogP contribution is -1.84. The van der Waals surface area contributed by atoms with E-state index >= 15 is 0 Å². The molecule has 0 amide bonds. The van der Waals surface area contributed by atoms with Crippen LogP contribution in [0.2, 0.25) is 0 Å². The van der Waals surface area contributed by atoms with E-state index in [1.54, 1.807) is 12.3 Å². The molecule has 1 aromatic heterocycles. The number of rotatable bonds is 3. The summed E-state index contributed by atoms with van der Waals surface area (Å²) in [5.41, 5.74) is 2.40. The lowest BCUT2D eigenvalue weighted by molar-refractivity contribution is 0.375. The highest BCUT2D eigenvalue weighted by Crippen LogP contribution is 2.24. The summed E-state index contributed by atoms with van der Waals surface area (Å²) in [5.74, 6) is 0.0646. The van der Waals surface area contributed by atoms with Crippen LogP contribution in [0.15, 0.2) is 47.5 Å². The highest BCUT2D eigenvalue weighted by atomic mass is 32.2. The van der Waals surface area contributed by atoms with E-state index in [1.165, 1.54) is 11.8 Å². The van der Waals surface area contributed by atoms with E-state index in [-0.39, 0.29) is 5.94 Å². The molecule has 2 aromatic rings. The van der Waals surface area contributed by atoms with Gasteiger partial charge in [-0.15, -0.1) is 0 Å². The summed E-state index contributed by atoms with van der Waals surface area (Å²) < 4.78 is 0. The predicted molar refractivity (Wildman–Crippen MR) is 67.3 cm³/mol. The quantitative estimate of drug-likeness (QED) is 0.664. The number of benzene rings is 1. The van der Waals surface area contributed by atoms with Gasteiger partial charge in [0, 0.05) is 16.7 Å². The van der Waals surface area contributed by atoms with Gasteiger partial charge < -0.3 is 5.11 Å². The van der Waals surface area contributed by atoms with Gasteiger partial charge in [-0.25, -0.2) is 4.98 Å². The fraction of sp³-hybridized carbons (Fsp3) is 0.0769. The van der Waals surface area contributed by atoms with Crippen LogP contribution in [-0.4, -0.2) is 16.0 Å². The number of thioether (sulfide) groups is 1. The number of aromatic nitrogens is 1. The maximum absolute atomic E-state index is 8.86. The molecule has 1 heterocycles. The Morgan fingerprint density at radius 2 is 2.12 bits per heavy atom. The maximum Gasteiger partial charge on any atom is 0.140 e. The minimum Gasteiger partial charge on any atom is -0.385 e. The third-order valence-electron chi connectivity index (χ3n) is 2.28. The zero-order valence-electron chi connectivity index (χ0n) is 9.00. The first-order valence-electron chi connectivity index (χ1n) is 5.04. The molecule has 4 heteroatoms. The molecule has 84 valence electrons. The van der Waals surface area contributed by atoms with E-state index < -0.39 is 0 Å². The van der Waals surface area contributed by atoms with Crippen molar-refractivity contribution in [2.75, 3.05) is 5.94 Å². The van der Waals surface area contributed by atoms with Crippen molar-refractivity contribution in [1.29, 1.82) is 5.26 Å². The van der Waals surface area contributed by atoms with E-state index in [4.69, 9.17) is 10.4 Å². The molecule has 1 aromatic carbocycles. The van der Waals surface area contributed by atoms with Crippen LogP contribution in [0.4, 0.5) is 0 Å². The summed E-state index contributed by atoms with van der Waals surface area (Å²) in [6.45, 7) is 0. The summed E-state index contributed by atoms with van der Waals surface area (Å²) in [7, 11) is 0. The van der Waals surface area contributed by atoms with Crippen molar-refractivity contribution in [3.8, 4) is 17.2 Å². The Morgan fingerprint density at radius 1 is 1.24 bits per heavy atom.